The minimum absolute atomic E-state index is 0.0343. The van der Waals surface area contributed by atoms with Crippen molar-refractivity contribution < 1.29 is 9.90 Å². The quantitative estimate of drug-likeness (QED) is 0.557. The van der Waals surface area contributed by atoms with Crippen molar-refractivity contribution in [1.29, 1.82) is 0 Å². The maximum Gasteiger partial charge on any atom is 0.163 e. The predicted molar refractivity (Wildman–Crippen MR) is 109 cm³/mol. The number of halogens is 1. The lowest BCUT2D eigenvalue weighted by Crippen LogP contribution is -2.33. The van der Waals surface area contributed by atoms with E-state index in [0.29, 0.717) is 28.2 Å². The average molecular weight is 391 g/mol. The van der Waals surface area contributed by atoms with Crippen molar-refractivity contribution >= 4 is 34.1 Å². The number of rotatable bonds is 7. The van der Waals surface area contributed by atoms with E-state index in [0.717, 1.165) is 50.0 Å². The Bertz CT molecular complexity index is 806. The normalized spacial score (nSPS) is 20.2. The van der Waals surface area contributed by atoms with Crippen LogP contribution in [0.2, 0.25) is 5.15 Å². The van der Waals surface area contributed by atoms with Crippen molar-refractivity contribution in [2.24, 2.45) is 5.92 Å². The first-order valence-corrected chi connectivity index (χ1v) is 9.88. The largest absolute Gasteiger partial charge is 0.395 e. The smallest absolute Gasteiger partial charge is 0.163 e. The molecule has 1 aliphatic carbocycles. The molecular formula is C20H27ClN4O2. The second-order valence-corrected chi connectivity index (χ2v) is 7.84. The molecule has 2 aromatic rings. The van der Waals surface area contributed by atoms with Crippen molar-refractivity contribution in [2.45, 2.75) is 38.6 Å². The molecule has 1 aliphatic rings. The third kappa shape index (κ3) is 4.94. The summed E-state index contributed by atoms with van der Waals surface area (Å²) in [6, 6.07) is 3.84. The predicted octanol–water partition coefficient (Wildman–Crippen LogP) is 3.38. The minimum Gasteiger partial charge on any atom is -0.395 e. The summed E-state index contributed by atoms with van der Waals surface area (Å²) < 4.78 is 0. The highest BCUT2D eigenvalue weighted by molar-refractivity contribution is 6.30. The van der Waals surface area contributed by atoms with Gasteiger partial charge in [-0.2, -0.15) is 0 Å². The molecule has 7 heteroatoms. The van der Waals surface area contributed by atoms with Gasteiger partial charge in [0.1, 0.15) is 10.7 Å². The van der Waals surface area contributed by atoms with Gasteiger partial charge in [0, 0.05) is 25.3 Å². The molecule has 0 saturated heterocycles. The number of carbonyl (C=O) groups is 1. The molecule has 0 spiro atoms. The summed E-state index contributed by atoms with van der Waals surface area (Å²) in [6.45, 7) is 3.48. The van der Waals surface area contributed by atoms with Crippen LogP contribution < -0.4 is 5.32 Å². The van der Waals surface area contributed by atoms with E-state index in [2.05, 4.69) is 27.2 Å². The molecule has 0 unspecified atom stereocenters. The van der Waals surface area contributed by atoms with Gasteiger partial charge in [0.25, 0.3) is 0 Å². The topological polar surface area (TPSA) is 78.4 Å². The van der Waals surface area contributed by atoms with Crippen molar-refractivity contribution in [2.75, 3.05) is 32.1 Å². The van der Waals surface area contributed by atoms with Crippen LogP contribution in [0.1, 0.15) is 43.0 Å². The van der Waals surface area contributed by atoms with E-state index in [4.69, 9.17) is 16.7 Å². The number of hydrogen-bond donors (Lipinski definition) is 2. The van der Waals surface area contributed by atoms with Gasteiger partial charge >= 0.3 is 0 Å². The van der Waals surface area contributed by atoms with Gasteiger partial charge in [0.15, 0.2) is 5.78 Å². The Labute approximate surface area is 164 Å². The molecule has 2 N–H and O–H groups in total. The molecule has 146 valence electrons. The van der Waals surface area contributed by atoms with Crippen molar-refractivity contribution in [1.82, 2.24) is 14.9 Å². The zero-order valence-electron chi connectivity index (χ0n) is 15.9. The van der Waals surface area contributed by atoms with Crippen LogP contribution in [-0.4, -0.2) is 58.5 Å². The summed E-state index contributed by atoms with van der Waals surface area (Å²) in [5.41, 5.74) is 2.68. The fourth-order valence-corrected chi connectivity index (χ4v) is 4.00. The second-order valence-electron chi connectivity index (χ2n) is 7.45. The second kappa shape index (κ2) is 8.95. The van der Waals surface area contributed by atoms with Gasteiger partial charge in [-0.25, -0.2) is 4.98 Å². The molecule has 0 bridgehead atoms. The maximum atomic E-state index is 12.1. The number of nitrogens with one attached hydrogen (secondary N) is 1. The highest BCUT2D eigenvalue weighted by Crippen LogP contribution is 2.31. The van der Waals surface area contributed by atoms with Crippen molar-refractivity contribution in [3.63, 3.8) is 0 Å². The van der Waals surface area contributed by atoms with Gasteiger partial charge < -0.3 is 15.3 Å². The monoisotopic (exact) mass is 390 g/mol. The van der Waals surface area contributed by atoms with Crippen LogP contribution in [0.3, 0.4) is 0 Å². The lowest BCUT2D eigenvalue weighted by molar-refractivity contribution is 0.101. The number of aromatic nitrogens is 2. The first-order chi connectivity index (χ1) is 13.0. The Balaban J connectivity index is 1.74. The maximum absolute atomic E-state index is 12.1. The Morgan fingerprint density at radius 3 is 2.74 bits per heavy atom. The van der Waals surface area contributed by atoms with Crippen LogP contribution >= 0.6 is 11.6 Å². The SMILES string of the molecule is CC(=O)c1cnc2ccc(Cl)nc2c1N[C@H]1CC[C@H](CN(C)CCO)CC1. The number of fused-ring (bicyclic) bond motifs is 1. The van der Waals surface area contributed by atoms with Crippen molar-refractivity contribution in [3.05, 3.63) is 29.0 Å². The van der Waals surface area contributed by atoms with E-state index in [-0.39, 0.29) is 12.4 Å². The Morgan fingerprint density at radius 2 is 2.07 bits per heavy atom. The Kier molecular flexibility index (Phi) is 6.63. The number of ketones is 1. The number of aliphatic hydroxyl groups excluding tert-OH is 1. The molecule has 2 heterocycles. The molecule has 2 aromatic heterocycles. The van der Waals surface area contributed by atoms with Crippen LogP contribution in [0.15, 0.2) is 18.3 Å². The van der Waals surface area contributed by atoms with Gasteiger partial charge in [-0.1, -0.05) is 11.6 Å². The molecule has 1 fully saturated rings. The number of Topliss-reactive ketones (excluding diaryl/α,β-unsaturated/α-hetero) is 1. The molecule has 1 saturated carbocycles. The standard InChI is InChI=1S/C20H27ClN4O2/c1-13(27)16-11-22-17-7-8-18(21)24-20(17)19(16)23-15-5-3-14(4-6-15)12-25(2)9-10-26/h7-8,11,14-15,26H,3-6,9-10,12H2,1-2H3,(H,22,23)/t14-,15-. The van der Waals surface area contributed by atoms with E-state index >= 15 is 0 Å². The van der Waals surface area contributed by atoms with E-state index in [9.17, 15) is 4.79 Å². The van der Waals surface area contributed by atoms with Crippen LogP contribution in [0.4, 0.5) is 5.69 Å². The Hall–Kier alpha value is -1.76. The Morgan fingerprint density at radius 1 is 1.33 bits per heavy atom. The highest BCUT2D eigenvalue weighted by atomic mass is 35.5. The molecule has 0 aromatic carbocycles. The zero-order chi connectivity index (χ0) is 19.4. The molecule has 27 heavy (non-hydrogen) atoms. The zero-order valence-corrected chi connectivity index (χ0v) is 16.7. The molecule has 0 radical (unpaired) electrons. The van der Waals surface area contributed by atoms with Crippen molar-refractivity contribution in [3.8, 4) is 0 Å². The molecule has 6 nitrogen and oxygen atoms in total. The van der Waals surface area contributed by atoms with Crippen LogP contribution in [0.5, 0.6) is 0 Å². The van der Waals surface area contributed by atoms with E-state index in [1.54, 1.807) is 19.2 Å². The number of pyridine rings is 2. The average Bonchev–Trinajstić information content (AvgIpc) is 2.63. The number of anilines is 1. The van der Waals surface area contributed by atoms with Crippen LogP contribution in [0, 0.1) is 5.92 Å². The highest BCUT2D eigenvalue weighted by Gasteiger charge is 2.24. The number of carbonyl (C=O) groups excluding carboxylic acids is 1. The van der Waals surface area contributed by atoms with Gasteiger partial charge in [0.05, 0.1) is 23.4 Å². The summed E-state index contributed by atoms with van der Waals surface area (Å²) in [4.78, 5) is 23.1. The lowest BCUT2D eigenvalue weighted by Gasteiger charge is -2.32. The third-order valence-electron chi connectivity index (χ3n) is 5.30. The summed E-state index contributed by atoms with van der Waals surface area (Å²) in [6.07, 6.45) is 5.96. The van der Waals surface area contributed by atoms with Gasteiger partial charge in [-0.05, 0) is 57.7 Å². The fourth-order valence-electron chi connectivity index (χ4n) is 3.85. The lowest BCUT2D eigenvalue weighted by atomic mass is 9.85. The summed E-state index contributed by atoms with van der Waals surface area (Å²) in [7, 11) is 2.05. The van der Waals surface area contributed by atoms with E-state index in [1.165, 1.54) is 0 Å². The van der Waals surface area contributed by atoms with Crippen LogP contribution in [0.25, 0.3) is 11.0 Å². The number of hydrogen-bond acceptors (Lipinski definition) is 6. The van der Waals surface area contributed by atoms with E-state index < -0.39 is 0 Å². The fraction of sp³-hybridized carbons (Fsp3) is 0.550. The first-order valence-electron chi connectivity index (χ1n) is 9.50. The molecule has 0 aliphatic heterocycles. The first kappa shape index (κ1) is 20.0. The van der Waals surface area contributed by atoms with Gasteiger partial charge in [0.2, 0.25) is 0 Å². The number of aliphatic hydroxyl groups is 1. The van der Waals surface area contributed by atoms with E-state index in [1.807, 2.05) is 6.07 Å². The summed E-state index contributed by atoms with van der Waals surface area (Å²) in [5, 5.41) is 13.0. The molecule has 0 amide bonds. The number of likely N-dealkylation sites (N-methyl/N-ethyl adjacent to an activating group) is 1. The molecular weight excluding hydrogens is 364 g/mol. The summed E-state index contributed by atoms with van der Waals surface area (Å²) in [5.74, 6) is 0.613. The van der Waals surface area contributed by atoms with Gasteiger partial charge in [-0.15, -0.1) is 0 Å². The minimum atomic E-state index is -0.0343. The third-order valence-corrected chi connectivity index (χ3v) is 5.52. The summed E-state index contributed by atoms with van der Waals surface area (Å²) >= 11 is 6.08. The van der Waals surface area contributed by atoms with Crippen LogP contribution in [-0.2, 0) is 0 Å². The number of nitrogens with zero attached hydrogens (tertiary/aromatic N) is 3. The van der Waals surface area contributed by atoms with Gasteiger partial charge in [-0.3, -0.25) is 9.78 Å². The molecule has 0 atom stereocenters. The molecule has 3 rings (SSSR count).